The maximum absolute atomic E-state index is 12.2. The zero-order chi connectivity index (χ0) is 12.8. The molecule has 2 atom stereocenters. The Morgan fingerprint density at radius 3 is 2.83 bits per heavy atom. The standard InChI is InChI=1S/C10H11BrN2O3S2/c11-7-1-3-8(4-2-7)18(14,15)13-10-9(17-10)12-5-6-16-10/h1-4,9,12-13H,5-6H2/t9-,10-/m1/s1. The lowest BCUT2D eigenvalue weighted by atomic mass is 10.4. The SMILES string of the molecule is O=S(=O)(N[C@@]12OCCN[C@@H]1S2)c1ccc(Br)cc1. The van der Waals surface area contributed by atoms with Crippen LogP contribution in [0.2, 0.25) is 0 Å². The molecule has 2 heterocycles. The predicted molar refractivity (Wildman–Crippen MR) is 72.5 cm³/mol. The fraction of sp³-hybridized carbons (Fsp3) is 0.400. The topological polar surface area (TPSA) is 67.4 Å². The molecule has 2 aliphatic rings. The Morgan fingerprint density at radius 1 is 1.44 bits per heavy atom. The highest BCUT2D eigenvalue weighted by atomic mass is 79.9. The summed E-state index contributed by atoms with van der Waals surface area (Å²) in [5.74, 6) is 0. The number of hydrogen-bond acceptors (Lipinski definition) is 5. The molecule has 3 rings (SSSR count). The minimum absolute atomic E-state index is 0.0106. The second-order valence-corrected chi connectivity index (χ2v) is 7.94. The van der Waals surface area contributed by atoms with Crippen molar-refractivity contribution in [3.63, 3.8) is 0 Å². The summed E-state index contributed by atoms with van der Waals surface area (Å²) in [5, 5.41) is 2.38. The molecular weight excluding hydrogens is 340 g/mol. The Kier molecular flexibility index (Phi) is 3.20. The lowest BCUT2D eigenvalue weighted by Gasteiger charge is -2.22. The minimum Gasteiger partial charge on any atom is -0.347 e. The first-order chi connectivity index (χ1) is 8.52. The van der Waals surface area contributed by atoms with E-state index in [0.29, 0.717) is 6.61 Å². The molecule has 0 spiro atoms. The van der Waals surface area contributed by atoms with Crippen LogP contribution < -0.4 is 10.0 Å². The number of rotatable bonds is 3. The van der Waals surface area contributed by atoms with Crippen LogP contribution in [0.1, 0.15) is 0 Å². The van der Waals surface area contributed by atoms with Gasteiger partial charge in [0.05, 0.1) is 11.5 Å². The highest BCUT2D eigenvalue weighted by Gasteiger charge is 2.61. The van der Waals surface area contributed by atoms with Crippen molar-refractivity contribution in [1.29, 1.82) is 0 Å². The van der Waals surface area contributed by atoms with Crippen molar-refractivity contribution in [3.05, 3.63) is 28.7 Å². The predicted octanol–water partition coefficient (Wildman–Crippen LogP) is 1.07. The maximum Gasteiger partial charge on any atom is 0.243 e. The lowest BCUT2D eigenvalue weighted by molar-refractivity contribution is 0.0151. The Labute approximate surface area is 118 Å². The van der Waals surface area contributed by atoms with Gasteiger partial charge in [-0.2, -0.15) is 4.72 Å². The third-order valence-electron chi connectivity index (χ3n) is 2.73. The number of benzene rings is 1. The largest absolute Gasteiger partial charge is 0.347 e. The zero-order valence-electron chi connectivity index (χ0n) is 9.22. The van der Waals surface area contributed by atoms with E-state index in [0.717, 1.165) is 11.0 Å². The van der Waals surface area contributed by atoms with Crippen LogP contribution in [0.4, 0.5) is 0 Å². The molecular formula is C10H11BrN2O3S2. The Bertz CT molecular complexity index is 563. The summed E-state index contributed by atoms with van der Waals surface area (Å²) in [6, 6.07) is 6.51. The highest BCUT2D eigenvalue weighted by molar-refractivity contribution is 9.10. The fourth-order valence-corrected chi connectivity index (χ4v) is 4.66. The Balaban J connectivity index is 1.81. The molecule has 0 aromatic heterocycles. The second-order valence-electron chi connectivity index (χ2n) is 4.03. The summed E-state index contributed by atoms with van der Waals surface area (Å²) in [7, 11) is -3.55. The van der Waals surface area contributed by atoms with E-state index in [1.807, 2.05) is 0 Å². The summed E-state index contributed by atoms with van der Waals surface area (Å²) < 4.78 is 33.4. The number of sulfonamides is 1. The molecule has 0 radical (unpaired) electrons. The van der Waals surface area contributed by atoms with Crippen molar-refractivity contribution >= 4 is 37.7 Å². The molecule has 5 nitrogen and oxygen atoms in total. The van der Waals surface area contributed by atoms with E-state index in [9.17, 15) is 8.42 Å². The number of thioether (sulfide) groups is 1. The van der Waals surface area contributed by atoms with Crippen molar-refractivity contribution < 1.29 is 13.2 Å². The number of nitrogens with one attached hydrogen (secondary N) is 2. The van der Waals surface area contributed by atoms with Gasteiger partial charge in [-0.3, -0.25) is 5.32 Å². The van der Waals surface area contributed by atoms with Crippen molar-refractivity contribution in [2.24, 2.45) is 0 Å². The Hall–Kier alpha value is -0.120. The molecule has 0 bridgehead atoms. The molecule has 2 fully saturated rings. The number of halogens is 1. The molecule has 0 unspecified atom stereocenters. The van der Waals surface area contributed by atoms with Crippen LogP contribution in [0.3, 0.4) is 0 Å². The summed E-state index contributed by atoms with van der Waals surface area (Å²) in [6.07, 6.45) is 0. The molecule has 0 aliphatic carbocycles. The van der Waals surface area contributed by atoms with Crippen molar-refractivity contribution in [3.8, 4) is 0 Å². The molecule has 0 amide bonds. The van der Waals surface area contributed by atoms with E-state index in [4.69, 9.17) is 4.74 Å². The number of ether oxygens (including phenoxy) is 1. The van der Waals surface area contributed by atoms with Crippen molar-refractivity contribution in [2.75, 3.05) is 13.2 Å². The first kappa shape index (κ1) is 12.9. The zero-order valence-corrected chi connectivity index (χ0v) is 12.4. The first-order valence-corrected chi connectivity index (χ1v) is 8.52. The van der Waals surface area contributed by atoms with Gasteiger partial charge in [0, 0.05) is 11.0 Å². The quantitative estimate of drug-likeness (QED) is 0.798. The molecule has 2 aliphatic heterocycles. The van der Waals surface area contributed by atoms with E-state index in [1.54, 1.807) is 24.3 Å². The highest BCUT2D eigenvalue weighted by Crippen LogP contribution is 2.52. The van der Waals surface area contributed by atoms with E-state index < -0.39 is 15.1 Å². The maximum atomic E-state index is 12.2. The van der Waals surface area contributed by atoms with Gasteiger partial charge in [0.25, 0.3) is 0 Å². The van der Waals surface area contributed by atoms with Gasteiger partial charge in [-0.05, 0) is 24.3 Å². The summed E-state index contributed by atoms with van der Waals surface area (Å²) in [5.41, 5.74) is 0. The molecule has 2 N–H and O–H groups in total. The van der Waals surface area contributed by atoms with Crippen molar-refractivity contribution in [2.45, 2.75) is 15.3 Å². The van der Waals surface area contributed by atoms with Gasteiger partial charge in [0.1, 0.15) is 5.37 Å². The number of hydrogen-bond donors (Lipinski definition) is 2. The van der Waals surface area contributed by atoms with Gasteiger partial charge < -0.3 is 4.74 Å². The number of morpholine rings is 1. The third-order valence-corrected chi connectivity index (χ3v) is 6.14. The average Bonchev–Trinajstić information content (AvgIpc) is 3.02. The van der Waals surface area contributed by atoms with Crippen LogP contribution in [-0.2, 0) is 14.8 Å². The summed E-state index contributed by atoms with van der Waals surface area (Å²) in [4.78, 5) is 0.237. The summed E-state index contributed by atoms with van der Waals surface area (Å²) in [6.45, 7) is 1.26. The Morgan fingerprint density at radius 2 is 2.17 bits per heavy atom. The molecule has 2 saturated heterocycles. The first-order valence-electron chi connectivity index (χ1n) is 5.37. The van der Waals surface area contributed by atoms with Crippen LogP contribution in [0, 0.1) is 0 Å². The van der Waals surface area contributed by atoms with Crippen LogP contribution in [0.15, 0.2) is 33.6 Å². The van der Waals surface area contributed by atoms with Crippen LogP contribution in [0.5, 0.6) is 0 Å². The second kappa shape index (κ2) is 4.46. The fourth-order valence-electron chi connectivity index (χ4n) is 1.79. The number of fused-ring (bicyclic) bond motifs is 1. The monoisotopic (exact) mass is 350 g/mol. The van der Waals surface area contributed by atoms with E-state index in [1.165, 1.54) is 11.8 Å². The van der Waals surface area contributed by atoms with Crippen LogP contribution in [-0.4, -0.2) is 32.0 Å². The van der Waals surface area contributed by atoms with Crippen LogP contribution in [0.25, 0.3) is 0 Å². The van der Waals surface area contributed by atoms with Crippen LogP contribution >= 0.6 is 27.7 Å². The molecule has 98 valence electrons. The normalized spacial score (nSPS) is 30.8. The van der Waals surface area contributed by atoms with Gasteiger partial charge in [0.15, 0.2) is 0 Å². The third kappa shape index (κ3) is 2.33. The molecule has 8 heteroatoms. The molecule has 1 aromatic carbocycles. The van der Waals surface area contributed by atoms with E-state index in [2.05, 4.69) is 26.0 Å². The molecule has 18 heavy (non-hydrogen) atoms. The smallest absolute Gasteiger partial charge is 0.243 e. The summed E-state index contributed by atoms with van der Waals surface area (Å²) >= 11 is 4.71. The van der Waals surface area contributed by atoms with Crippen molar-refractivity contribution in [1.82, 2.24) is 10.0 Å². The molecule has 0 saturated carbocycles. The lowest BCUT2D eigenvalue weighted by Crippen LogP contribution is -2.49. The van der Waals surface area contributed by atoms with Gasteiger partial charge in [-0.1, -0.05) is 27.7 Å². The van der Waals surface area contributed by atoms with Gasteiger partial charge >= 0.3 is 0 Å². The molecule has 1 aromatic rings. The van der Waals surface area contributed by atoms with Gasteiger partial charge in [0.2, 0.25) is 15.1 Å². The van der Waals surface area contributed by atoms with E-state index >= 15 is 0 Å². The van der Waals surface area contributed by atoms with Gasteiger partial charge in [-0.15, -0.1) is 0 Å². The minimum atomic E-state index is -3.55. The van der Waals surface area contributed by atoms with E-state index in [-0.39, 0.29) is 10.3 Å². The van der Waals surface area contributed by atoms with Gasteiger partial charge in [-0.25, -0.2) is 8.42 Å². The average molecular weight is 351 g/mol.